The number of carbonyl (C=O) groups is 1. The first-order valence-corrected chi connectivity index (χ1v) is 6.36. The second kappa shape index (κ2) is 6.18. The van der Waals surface area contributed by atoms with Gasteiger partial charge in [0.05, 0.1) is 12.2 Å². The molecule has 0 aliphatic carbocycles. The van der Waals surface area contributed by atoms with E-state index in [9.17, 15) is 4.79 Å². The Bertz CT molecular complexity index is 508. The minimum atomic E-state index is -0.210. The van der Waals surface area contributed by atoms with Gasteiger partial charge >= 0.3 is 5.97 Å². The molecular weight excluding hydrogens is 240 g/mol. The Morgan fingerprint density at radius 2 is 2.05 bits per heavy atom. The molecule has 0 aliphatic rings. The molecule has 0 radical (unpaired) electrons. The Morgan fingerprint density at radius 3 is 2.68 bits per heavy atom. The van der Waals surface area contributed by atoms with E-state index in [0.717, 1.165) is 5.56 Å². The molecule has 4 heteroatoms. The fourth-order valence-electron chi connectivity index (χ4n) is 1.83. The predicted octanol–water partition coefficient (Wildman–Crippen LogP) is 2.82. The molecule has 2 rings (SSSR count). The van der Waals surface area contributed by atoms with E-state index < -0.39 is 0 Å². The number of imidazole rings is 1. The SMILES string of the molecule is CC(C(=O)OCc1ccccc1)C(C)n1ccnc1. The molecular formula is C15H18N2O2. The molecule has 4 nitrogen and oxygen atoms in total. The van der Waals surface area contributed by atoms with Crippen LogP contribution < -0.4 is 0 Å². The summed E-state index contributed by atoms with van der Waals surface area (Å²) in [5.41, 5.74) is 0.998. The van der Waals surface area contributed by atoms with Gasteiger partial charge < -0.3 is 9.30 Å². The van der Waals surface area contributed by atoms with Crippen molar-refractivity contribution in [2.45, 2.75) is 26.5 Å². The zero-order valence-corrected chi connectivity index (χ0v) is 11.2. The summed E-state index contributed by atoms with van der Waals surface area (Å²) in [7, 11) is 0. The minimum Gasteiger partial charge on any atom is -0.461 e. The number of hydrogen-bond acceptors (Lipinski definition) is 3. The number of carbonyl (C=O) groups excluding carboxylic acids is 1. The molecule has 0 fully saturated rings. The van der Waals surface area contributed by atoms with Crippen LogP contribution in [0.1, 0.15) is 25.5 Å². The van der Waals surface area contributed by atoms with Gasteiger partial charge in [-0.2, -0.15) is 0 Å². The van der Waals surface area contributed by atoms with Crippen LogP contribution in [0.2, 0.25) is 0 Å². The number of rotatable bonds is 5. The van der Waals surface area contributed by atoms with Crippen molar-refractivity contribution in [3.05, 3.63) is 54.6 Å². The highest BCUT2D eigenvalue weighted by Crippen LogP contribution is 2.18. The number of ether oxygens (including phenoxy) is 1. The molecule has 2 atom stereocenters. The minimum absolute atomic E-state index is 0.0331. The molecule has 0 spiro atoms. The number of nitrogens with zero attached hydrogens (tertiary/aromatic N) is 2. The highest BCUT2D eigenvalue weighted by Gasteiger charge is 2.22. The molecule has 1 heterocycles. The molecule has 2 unspecified atom stereocenters. The Hall–Kier alpha value is -2.10. The normalized spacial score (nSPS) is 13.8. The molecule has 0 saturated heterocycles. The van der Waals surface area contributed by atoms with Crippen LogP contribution in [-0.4, -0.2) is 15.5 Å². The Labute approximate surface area is 113 Å². The molecule has 0 aliphatic heterocycles. The summed E-state index contributed by atoms with van der Waals surface area (Å²) in [5.74, 6) is -0.400. The van der Waals surface area contributed by atoms with Gasteiger partial charge in [-0.25, -0.2) is 4.98 Å². The molecule has 0 saturated carbocycles. The van der Waals surface area contributed by atoms with Gasteiger partial charge in [0, 0.05) is 18.4 Å². The third kappa shape index (κ3) is 3.44. The first-order chi connectivity index (χ1) is 9.18. The van der Waals surface area contributed by atoms with Gasteiger partial charge in [0.1, 0.15) is 6.61 Å². The van der Waals surface area contributed by atoms with E-state index in [1.54, 1.807) is 12.5 Å². The maximum absolute atomic E-state index is 12.0. The highest BCUT2D eigenvalue weighted by atomic mass is 16.5. The first kappa shape index (κ1) is 13.3. The van der Waals surface area contributed by atoms with E-state index in [4.69, 9.17) is 4.74 Å². The lowest BCUT2D eigenvalue weighted by Gasteiger charge is -2.19. The van der Waals surface area contributed by atoms with E-state index in [2.05, 4.69) is 4.98 Å². The third-order valence-electron chi connectivity index (χ3n) is 3.31. The molecule has 1 aromatic carbocycles. The maximum atomic E-state index is 12.0. The van der Waals surface area contributed by atoms with Gasteiger partial charge in [-0.05, 0) is 19.4 Å². The molecule has 19 heavy (non-hydrogen) atoms. The van der Waals surface area contributed by atoms with Crippen LogP contribution in [-0.2, 0) is 16.1 Å². The van der Waals surface area contributed by atoms with E-state index in [-0.39, 0.29) is 17.9 Å². The largest absolute Gasteiger partial charge is 0.461 e. The summed E-state index contributed by atoms with van der Waals surface area (Å²) in [5, 5.41) is 0. The third-order valence-corrected chi connectivity index (χ3v) is 3.31. The molecule has 2 aromatic rings. The Kier molecular flexibility index (Phi) is 4.34. The zero-order chi connectivity index (χ0) is 13.7. The van der Waals surface area contributed by atoms with Crippen molar-refractivity contribution in [2.24, 2.45) is 5.92 Å². The summed E-state index contributed by atoms with van der Waals surface area (Å²) in [6, 6.07) is 9.72. The highest BCUT2D eigenvalue weighted by molar-refractivity contribution is 5.72. The van der Waals surface area contributed by atoms with Crippen LogP contribution in [0.15, 0.2) is 49.1 Å². The topological polar surface area (TPSA) is 44.1 Å². The summed E-state index contributed by atoms with van der Waals surface area (Å²) < 4.78 is 7.25. The van der Waals surface area contributed by atoms with E-state index in [0.29, 0.717) is 6.61 Å². The smallest absolute Gasteiger partial charge is 0.311 e. The fraction of sp³-hybridized carbons (Fsp3) is 0.333. The van der Waals surface area contributed by atoms with Crippen LogP contribution in [0, 0.1) is 5.92 Å². The quantitative estimate of drug-likeness (QED) is 0.775. The fourth-order valence-corrected chi connectivity index (χ4v) is 1.83. The molecule has 1 aromatic heterocycles. The number of benzene rings is 1. The van der Waals surface area contributed by atoms with Gasteiger partial charge in [-0.3, -0.25) is 4.79 Å². The van der Waals surface area contributed by atoms with Crippen molar-refractivity contribution < 1.29 is 9.53 Å². The second-order valence-corrected chi connectivity index (χ2v) is 4.63. The van der Waals surface area contributed by atoms with Crippen molar-refractivity contribution in [3.63, 3.8) is 0 Å². The Balaban J connectivity index is 1.89. The lowest BCUT2D eigenvalue weighted by atomic mass is 10.0. The lowest BCUT2D eigenvalue weighted by Crippen LogP contribution is -2.23. The van der Waals surface area contributed by atoms with Crippen LogP contribution in [0.3, 0.4) is 0 Å². The number of esters is 1. The first-order valence-electron chi connectivity index (χ1n) is 6.36. The number of hydrogen-bond donors (Lipinski definition) is 0. The summed E-state index contributed by atoms with van der Waals surface area (Å²) in [6.45, 7) is 4.18. The van der Waals surface area contributed by atoms with Crippen molar-refractivity contribution in [2.75, 3.05) is 0 Å². The standard InChI is InChI=1S/C15H18N2O2/c1-12(13(2)17-9-8-16-11-17)15(18)19-10-14-6-4-3-5-7-14/h3-9,11-13H,10H2,1-2H3. The molecule has 0 amide bonds. The average molecular weight is 258 g/mol. The average Bonchev–Trinajstić information content (AvgIpc) is 2.98. The van der Waals surface area contributed by atoms with E-state index >= 15 is 0 Å². The van der Waals surface area contributed by atoms with E-state index in [1.807, 2.05) is 54.9 Å². The van der Waals surface area contributed by atoms with Crippen LogP contribution >= 0.6 is 0 Å². The summed E-state index contributed by atoms with van der Waals surface area (Å²) >= 11 is 0. The lowest BCUT2D eigenvalue weighted by molar-refractivity contribution is -0.150. The van der Waals surface area contributed by atoms with Crippen molar-refractivity contribution in [1.82, 2.24) is 9.55 Å². The predicted molar refractivity (Wildman–Crippen MR) is 72.3 cm³/mol. The van der Waals surface area contributed by atoms with Gasteiger partial charge in [0.25, 0.3) is 0 Å². The molecule has 100 valence electrons. The van der Waals surface area contributed by atoms with E-state index in [1.165, 1.54) is 0 Å². The van der Waals surface area contributed by atoms with Crippen molar-refractivity contribution in [1.29, 1.82) is 0 Å². The van der Waals surface area contributed by atoms with Crippen LogP contribution in [0.5, 0.6) is 0 Å². The zero-order valence-electron chi connectivity index (χ0n) is 11.2. The monoisotopic (exact) mass is 258 g/mol. The maximum Gasteiger partial charge on any atom is 0.311 e. The van der Waals surface area contributed by atoms with Gasteiger partial charge in [0.2, 0.25) is 0 Å². The van der Waals surface area contributed by atoms with Crippen LogP contribution in [0.25, 0.3) is 0 Å². The van der Waals surface area contributed by atoms with Crippen molar-refractivity contribution in [3.8, 4) is 0 Å². The molecule has 0 bridgehead atoms. The summed E-state index contributed by atoms with van der Waals surface area (Å²) in [6.07, 6.45) is 5.27. The molecule has 0 N–H and O–H groups in total. The summed E-state index contributed by atoms with van der Waals surface area (Å²) in [4.78, 5) is 16.0. The van der Waals surface area contributed by atoms with Gasteiger partial charge in [-0.15, -0.1) is 0 Å². The van der Waals surface area contributed by atoms with Gasteiger partial charge in [-0.1, -0.05) is 30.3 Å². The number of aromatic nitrogens is 2. The second-order valence-electron chi connectivity index (χ2n) is 4.63. The van der Waals surface area contributed by atoms with Gasteiger partial charge in [0.15, 0.2) is 0 Å². The van der Waals surface area contributed by atoms with Crippen molar-refractivity contribution >= 4 is 5.97 Å². The van der Waals surface area contributed by atoms with Crippen LogP contribution in [0.4, 0.5) is 0 Å². The Morgan fingerprint density at radius 1 is 1.32 bits per heavy atom.